The molecule has 1 saturated heterocycles. The van der Waals surface area contributed by atoms with Crippen molar-refractivity contribution in [2.45, 2.75) is 37.4 Å². The van der Waals surface area contributed by atoms with Gasteiger partial charge in [0, 0.05) is 0 Å². The lowest BCUT2D eigenvalue weighted by molar-refractivity contribution is -0.163. The quantitative estimate of drug-likeness (QED) is 0.460. The normalized spacial score (nSPS) is 46.4. The van der Waals surface area contributed by atoms with Gasteiger partial charge in [0.2, 0.25) is 0 Å². The summed E-state index contributed by atoms with van der Waals surface area (Å²) >= 11 is 0. The molecule has 0 aromatic carbocycles. The summed E-state index contributed by atoms with van der Waals surface area (Å²) in [6, 6.07) is 0. The molecule has 0 saturated carbocycles. The minimum Gasteiger partial charge on any atom is -0.386 e. The first-order valence-corrected chi connectivity index (χ1v) is 4.21. The van der Waals surface area contributed by atoms with Gasteiger partial charge in [0.05, 0.1) is 0 Å². The molecule has 1 aliphatic carbocycles. The molecule has 3 atom stereocenters. The van der Waals surface area contributed by atoms with Gasteiger partial charge in [-0.25, -0.2) is 0 Å². The molecule has 0 spiro atoms. The molecule has 1 N–H and O–H groups in total. The summed E-state index contributed by atoms with van der Waals surface area (Å²) < 4.78 is 10.9. The molecule has 4 nitrogen and oxygen atoms in total. The van der Waals surface area contributed by atoms with Crippen LogP contribution in [0.4, 0.5) is 0 Å². The SMILES string of the molecule is CC1(C)O[C@H]2[C@@H](O)C=C[C@@]2(C=O)O1. The molecule has 0 amide bonds. The van der Waals surface area contributed by atoms with Gasteiger partial charge in [-0.05, 0) is 19.9 Å². The van der Waals surface area contributed by atoms with Crippen molar-refractivity contribution in [3.05, 3.63) is 12.2 Å². The highest BCUT2D eigenvalue weighted by atomic mass is 16.8. The fourth-order valence-corrected chi connectivity index (χ4v) is 1.85. The summed E-state index contributed by atoms with van der Waals surface area (Å²) in [5.74, 6) is -0.808. The first kappa shape index (κ1) is 8.87. The number of aliphatic hydroxyl groups excluding tert-OH is 1. The van der Waals surface area contributed by atoms with E-state index in [4.69, 9.17) is 9.47 Å². The number of hydrogen-bond donors (Lipinski definition) is 1. The molecule has 4 heteroatoms. The highest BCUT2D eigenvalue weighted by molar-refractivity contribution is 5.70. The van der Waals surface area contributed by atoms with Gasteiger partial charge in [0.1, 0.15) is 12.2 Å². The van der Waals surface area contributed by atoms with Crippen LogP contribution in [-0.4, -0.2) is 35.0 Å². The summed E-state index contributed by atoms with van der Waals surface area (Å²) in [6.45, 7) is 3.44. The summed E-state index contributed by atoms with van der Waals surface area (Å²) in [5.41, 5.74) is -1.08. The monoisotopic (exact) mass is 184 g/mol. The Hall–Kier alpha value is -0.710. The van der Waals surface area contributed by atoms with Gasteiger partial charge < -0.3 is 14.6 Å². The largest absolute Gasteiger partial charge is 0.386 e. The average molecular weight is 184 g/mol. The summed E-state index contributed by atoms with van der Waals surface area (Å²) in [7, 11) is 0. The topological polar surface area (TPSA) is 55.8 Å². The molecule has 0 bridgehead atoms. The van der Waals surface area contributed by atoms with Crippen molar-refractivity contribution in [1.29, 1.82) is 0 Å². The predicted molar refractivity (Wildman–Crippen MR) is 44.0 cm³/mol. The van der Waals surface area contributed by atoms with E-state index in [0.29, 0.717) is 6.29 Å². The fraction of sp³-hybridized carbons (Fsp3) is 0.667. The molecule has 1 aliphatic heterocycles. The van der Waals surface area contributed by atoms with E-state index in [1.807, 2.05) is 0 Å². The Morgan fingerprint density at radius 3 is 2.77 bits per heavy atom. The predicted octanol–water partition coefficient (Wildman–Crippen LogP) is 0.00630. The second-order valence-corrected chi connectivity index (χ2v) is 3.86. The number of rotatable bonds is 1. The standard InChI is InChI=1S/C9H12O4/c1-8(2)12-7-6(11)3-4-9(7,5-10)13-8/h3-7,11H,1-2H3/t6-,7-,9-/m0/s1. The Morgan fingerprint density at radius 2 is 2.23 bits per heavy atom. The van der Waals surface area contributed by atoms with Crippen molar-refractivity contribution in [2.75, 3.05) is 0 Å². The van der Waals surface area contributed by atoms with Crippen LogP contribution >= 0.6 is 0 Å². The van der Waals surface area contributed by atoms with Gasteiger partial charge in [-0.3, -0.25) is 4.79 Å². The highest BCUT2D eigenvalue weighted by Crippen LogP contribution is 2.41. The molecule has 1 fully saturated rings. The third kappa shape index (κ3) is 1.14. The van der Waals surface area contributed by atoms with Crippen LogP contribution in [-0.2, 0) is 14.3 Å². The molecule has 0 unspecified atom stereocenters. The lowest BCUT2D eigenvalue weighted by atomic mass is 10.0. The molecule has 0 radical (unpaired) electrons. The van der Waals surface area contributed by atoms with Gasteiger partial charge in [-0.15, -0.1) is 0 Å². The third-order valence-electron chi connectivity index (χ3n) is 2.33. The molecular formula is C9H12O4. The van der Waals surface area contributed by atoms with Crippen molar-refractivity contribution in [3.63, 3.8) is 0 Å². The maximum atomic E-state index is 10.9. The first-order valence-electron chi connectivity index (χ1n) is 4.21. The molecule has 2 aliphatic rings. The maximum absolute atomic E-state index is 10.9. The number of ether oxygens (including phenoxy) is 2. The van der Waals surface area contributed by atoms with Gasteiger partial charge in [0.15, 0.2) is 17.7 Å². The Kier molecular flexibility index (Phi) is 1.64. The number of aldehydes is 1. The van der Waals surface area contributed by atoms with Crippen LogP contribution in [0.3, 0.4) is 0 Å². The zero-order valence-corrected chi connectivity index (χ0v) is 7.56. The number of fused-ring (bicyclic) bond motifs is 1. The molecule has 0 aromatic heterocycles. The van der Waals surface area contributed by atoms with Crippen LogP contribution in [0.25, 0.3) is 0 Å². The van der Waals surface area contributed by atoms with Gasteiger partial charge in [0.25, 0.3) is 0 Å². The summed E-state index contributed by atoms with van der Waals surface area (Å²) in [5, 5.41) is 9.48. The fourth-order valence-electron chi connectivity index (χ4n) is 1.85. The van der Waals surface area contributed by atoms with Crippen molar-refractivity contribution in [3.8, 4) is 0 Å². The molecule has 13 heavy (non-hydrogen) atoms. The minimum absolute atomic E-state index is 0.597. The van der Waals surface area contributed by atoms with E-state index in [1.165, 1.54) is 6.08 Å². The van der Waals surface area contributed by atoms with E-state index in [2.05, 4.69) is 0 Å². The average Bonchev–Trinajstić information content (AvgIpc) is 2.47. The van der Waals surface area contributed by atoms with Gasteiger partial charge in [-0.2, -0.15) is 0 Å². The lowest BCUT2D eigenvalue weighted by Crippen LogP contribution is -2.41. The van der Waals surface area contributed by atoms with E-state index in [1.54, 1.807) is 19.9 Å². The van der Waals surface area contributed by atoms with Gasteiger partial charge in [-0.1, -0.05) is 6.08 Å². The minimum atomic E-state index is -1.08. The van der Waals surface area contributed by atoms with E-state index in [9.17, 15) is 9.90 Å². The second kappa shape index (κ2) is 2.41. The van der Waals surface area contributed by atoms with Crippen LogP contribution < -0.4 is 0 Å². The zero-order valence-electron chi connectivity index (χ0n) is 7.56. The van der Waals surface area contributed by atoms with Crippen molar-refractivity contribution in [1.82, 2.24) is 0 Å². The van der Waals surface area contributed by atoms with E-state index in [0.717, 1.165) is 0 Å². The van der Waals surface area contributed by atoms with Gasteiger partial charge >= 0.3 is 0 Å². The van der Waals surface area contributed by atoms with E-state index < -0.39 is 23.6 Å². The Morgan fingerprint density at radius 1 is 1.54 bits per heavy atom. The number of carbonyl (C=O) groups excluding carboxylic acids is 1. The van der Waals surface area contributed by atoms with E-state index in [-0.39, 0.29) is 0 Å². The molecule has 0 aromatic rings. The van der Waals surface area contributed by atoms with Crippen molar-refractivity contribution >= 4 is 6.29 Å². The lowest BCUT2D eigenvalue weighted by Gasteiger charge is -2.19. The maximum Gasteiger partial charge on any atom is 0.174 e. The number of carbonyl (C=O) groups is 1. The Balaban J connectivity index is 2.35. The van der Waals surface area contributed by atoms with Crippen molar-refractivity contribution < 1.29 is 19.4 Å². The first-order chi connectivity index (χ1) is 5.99. The number of aliphatic hydroxyl groups is 1. The Bertz CT molecular complexity index is 271. The summed E-state index contributed by atoms with van der Waals surface area (Å²) in [6.07, 6.45) is 2.41. The molecule has 72 valence electrons. The van der Waals surface area contributed by atoms with E-state index >= 15 is 0 Å². The smallest absolute Gasteiger partial charge is 0.174 e. The Labute approximate surface area is 76.1 Å². The van der Waals surface area contributed by atoms with Crippen LogP contribution in [0, 0.1) is 0 Å². The number of hydrogen-bond acceptors (Lipinski definition) is 4. The molecule has 2 rings (SSSR count). The van der Waals surface area contributed by atoms with Crippen LogP contribution in [0.1, 0.15) is 13.8 Å². The zero-order chi connectivity index (χ0) is 9.69. The van der Waals surface area contributed by atoms with Crippen LogP contribution in [0.5, 0.6) is 0 Å². The van der Waals surface area contributed by atoms with Crippen molar-refractivity contribution in [2.24, 2.45) is 0 Å². The summed E-state index contributed by atoms with van der Waals surface area (Å²) in [4.78, 5) is 10.9. The second-order valence-electron chi connectivity index (χ2n) is 3.86. The van der Waals surface area contributed by atoms with Crippen LogP contribution in [0.15, 0.2) is 12.2 Å². The molecular weight excluding hydrogens is 172 g/mol. The molecule has 1 heterocycles. The highest BCUT2D eigenvalue weighted by Gasteiger charge is 2.57. The van der Waals surface area contributed by atoms with Crippen LogP contribution in [0.2, 0.25) is 0 Å². The third-order valence-corrected chi connectivity index (χ3v) is 2.33.